The summed E-state index contributed by atoms with van der Waals surface area (Å²) in [5, 5.41) is 2.34. The van der Waals surface area contributed by atoms with Gasteiger partial charge < -0.3 is 5.32 Å². The Morgan fingerprint density at radius 2 is 1.86 bits per heavy atom. The largest absolute Gasteiger partial charge is 0.348 e. The molecule has 1 amide bonds. The highest BCUT2D eigenvalue weighted by molar-refractivity contribution is 6.30. The van der Waals surface area contributed by atoms with Crippen LogP contribution in [-0.4, -0.2) is 11.3 Å². The molecule has 1 aromatic rings. The average Bonchev–Trinajstić information content (AvgIpc) is 2.19. The van der Waals surface area contributed by atoms with Crippen LogP contribution < -0.4 is 5.32 Å². The highest BCUT2D eigenvalue weighted by atomic mass is 35.5. The summed E-state index contributed by atoms with van der Waals surface area (Å²) in [5.74, 6) is -0.136. The molecule has 0 spiro atoms. The molecule has 0 saturated carbocycles. The van der Waals surface area contributed by atoms with E-state index in [1.54, 1.807) is 6.92 Å². The smallest absolute Gasteiger partial charge is 0.238 e. The predicted octanol–water partition coefficient (Wildman–Crippen LogP) is 2.49. The molecular weight excluding hydrogens is 198 g/mol. The number of halogens is 1. The fourth-order valence-electron chi connectivity index (χ4n) is 1.15. The first-order valence-electron chi connectivity index (χ1n) is 4.60. The van der Waals surface area contributed by atoms with Gasteiger partial charge in [0, 0.05) is 0 Å². The molecule has 0 aromatic heterocycles. The van der Waals surface area contributed by atoms with Crippen molar-refractivity contribution in [2.45, 2.75) is 25.3 Å². The second-order valence-electron chi connectivity index (χ2n) is 3.26. The first-order valence-corrected chi connectivity index (χ1v) is 5.04. The number of alkyl halides is 1. The molecule has 0 unspecified atom stereocenters. The van der Waals surface area contributed by atoms with E-state index in [0.717, 1.165) is 5.56 Å². The van der Waals surface area contributed by atoms with Gasteiger partial charge in [0.1, 0.15) is 5.38 Å². The summed E-state index contributed by atoms with van der Waals surface area (Å²) >= 11 is 5.65. The normalized spacial score (nSPS) is 14.5. The first-order chi connectivity index (χ1) is 6.61. The van der Waals surface area contributed by atoms with Gasteiger partial charge in [0.15, 0.2) is 0 Å². The maximum absolute atomic E-state index is 11.3. The molecule has 0 radical (unpaired) electrons. The molecule has 76 valence electrons. The monoisotopic (exact) mass is 211 g/mol. The lowest BCUT2D eigenvalue weighted by atomic mass is 10.1. The topological polar surface area (TPSA) is 29.1 Å². The molecule has 1 rings (SSSR count). The van der Waals surface area contributed by atoms with Crippen LogP contribution in [0.15, 0.2) is 30.3 Å². The summed E-state index contributed by atoms with van der Waals surface area (Å²) in [6.07, 6.45) is 0. The molecule has 2 atom stereocenters. The Kier molecular flexibility index (Phi) is 3.96. The van der Waals surface area contributed by atoms with E-state index < -0.39 is 5.38 Å². The lowest BCUT2D eigenvalue weighted by Crippen LogP contribution is -2.31. The zero-order valence-corrected chi connectivity index (χ0v) is 9.08. The summed E-state index contributed by atoms with van der Waals surface area (Å²) in [5.41, 5.74) is 1.08. The maximum atomic E-state index is 11.3. The summed E-state index contributed by atoms with van der Waals surface area (Å²) in [6, 6.07) is 9.80. The number of benzene rings is 1. The van der Waals surface area contributed by atoms with Gasteiger partial charge in [-0.25, -0.2) is 0 Å². The molecule has 0 heterocycles. The molecule has 0 aliphatic carbocycles. The Labute approximate surface area is 89.3 Å². The Morgan fingerprint density at radius 3 is 2.36 bits per heavy atom. The highest BCUT2D eigenvalue weighted by Crippen LogP contribution is 2.11. The summed E-state index contributed by atoms with van der Waals surface area (Å²) < 4.78 is 0. The Hall–Kier alpha value is -1.02. The Morgan fingerprint density at radius 1 is 1.29 bits per heavy atom. The van der Waals surface area contributed by atoms with Crippen molar-refractivity contribution in [3.63, 3.8) is 0 Å². The van der Waals surface area contributed by atoms with Crippen LogP contribution in [0.4, 0.5) is 0 Å². The van der Waals surface area contributed by atoms with Crippen molar-refractivity contribution >= 4 is 17.5 Å². The second kappa shape index (κ2) is 5.01. The van der Waals surface area contributed by atoms with Gasteiger partial charge in [-0.05, 0) is 19.4 Å². The second-order valence-corrected chi connectivity index (χ2v) is 3.91. The number of carbonyl (C=O) groups excluding carboxylic acids is 1. The van der Waals surface area contributed by atoms with Crippen LogP contribution in [0.1, 0.15) is 25.5 Å². The molecule has 0 aliphatic rings. The lowest BCUT2D eigenvalue weighted by molar-refractivity contribution is -0.121. The van der Waals surface area contributed by atoms with Gasteiger partial charge in [-0.3, -0.25) is 4.79 Å². The third-order valence-corrected chi connectivity index (χ3v) is 2.22. The van der Waals surface area contributed by atoms with Crippen LogP contribution >= 0.6 is 11.6 Å². The van der Waals surface area contributed by atoms with Crippen molar-refractivity contribution in [1.29, 1.82) is 0 Å². The minimum Gasteiger partial charge on any atom is -0.348 e. The zero-order valence-electron chi connectivity index (χ0n) is 8.33. The summed E-state index contributed by atoms with van der Waals surface area (Å²) in [4.78, 5) is 11.3. The van der Waals surface area contributed by atoms with Crippen molar-refractivity contribution in [3.05, 3.63) is 35.9 Å². The molecular formula is C11H14ClNO. The molecule has 0 bridgehead atoms. The van der Waals surface area contributed by atoms with Gasteiger partial charge in [0.25, 0.3) is 0 Å². The van der Waals surface area contributed by atoms with Crippen LogP contribution in [0.5, 0.6) is 0 Å². The van der Waals surface area contributed by atoms with Crippen molar-refractivity contribution in [1.82, 2.24) is 5.32 Å². The van der Waals surface area contributed by atoms with Crippen molar-refractivity contribution in [2.24, 2.45) is 0 Å². The van der Waals surface area contributed by atoms with E-state index >= 15 is 0 Å². The minimum absolute atomic E-state index is 0.00454. The predicted molar refractivity (Wildman–Crippen MR) is 58.3 cm³/mol. The Bertz CT molecular complexity index is 297. The fraction of sp³-hybridized carbons (Fsp3) is 0.364. The van der Waals surface area contributed by atoms with Gasteiger partial charge in [0.2, 0.25) is 5.91 Å². The van der Waals surface area contributed by atoms with Crippen molar-refractivity contribution < 1.29 is 4.79 Å². The third kappa shape index (κ3) is 3.04. The number of nitrogens with one attached hydrogen (secondary N) is 1. The van der Waals surface area contributed by atoms with Crippen LogP contribution in [-0.2, 0) is 4.79 Å². The summed E-state index contributed by atoms with van der Waals surface area (Å²) in [6.45, 7) is 3.60. The standard InChI is InChI=1S/C11H14ClNO/c1-8(12)11(14)13-9(2)10-6-4-3-5-7-10/h3-9H,1-2H3,(H,13,14)/t8-,9+/m0/s1. The molecule has 1 N–H and O–H groups in total. The lowest BCUT2D eigenvalue weighted by Gasteiger charge is -2.14. The van der Waals surface area contributed by atoms with Gasteiger partial charge in [-0.1, -0.05) is 30.3 Å². The molecule has 2 nitrogen and oxygen atoms in total. The van der Waals surface area contributed by atoms with Gasteiger partial charge in [-0.15, -0.1) is 11.6 Å². The van der Waals surface area contributed by atoms with Crippen LogP contribution in [0, 0.1) is 0 Å². The van der Waals surface area contributed by atoms with E-state index in [1.165, 1.54) is 0 Å². The third-order valence-electron chi connectivity index (χ3n) is 2.02. The fourth-order valence-corrected chi connectivity index (χ4v) is 1.22. The van der Waals surface area contributed by atoms with Gasteiger partial charge >= 0.3 is 0 Å². The number of rotatable bonds is 3. The van der Waals surface area contributed by atoms with E-state index in [9.17, 15) is 4.79 Å². The van der Waals surface area contributed by atoms with Crippen molar-refractivity contribution in [2.75, 3.05) is 0 Å². The van der Waals surface area contributed by atoms with E-state index in [4.69, 9.17) is 11.6 Å². The van der Waals surface area contributed by atoms with E-state index in [0.29, 0.717) is 0 Å². The highest BCUT2D eigenvalue weighted by Gasteiger charge is 2.12. The molecule has 0 saturated heterocycles. The zero-order chi connectivity index (χ0) is 10.6. The first kappa shape index (κ1) is 11.1. The molecule has 0 aliphatic heterocycles. The van der Waals surface area contributed by atoms with E-state index in [1.807, 2.05) is 37.3 Å². The van der Waals surface area contributed by atoms with E-state index in [2.05, 4.69) is 5.32 Å². The minimum atomic E-state index is -0.485. The summed E-state index contributed by atoms with van der Waals surface area (Å²) in [7, 11) is 0. The van der Waals surface area contributed by atoms with Crippen LogP contribution in [0.2, 0.25) is 0 Å². The van der Waals surface area contributed by atoms with Crippen molar-refractivity contribution in [3.8, 4) is 0 Å². The number of hydrogen-bond acceptors (Lipinski definition) is 1. The quantitative estimate of drug-likeness (QED) is 0.765. The molecule has 0 fully saturated rings. The maximum Gasteiger partial charge on any atom is 0.238 e. The number of amides is 1. The number of carbonyl (C=O) groups is 1. The molecule has 1 aromatic carbocycles. The SMILES string of the molecule is C[C@H](Cl)C(=O)N[C@H](C)c1ccccc1. The number of hydrogen-bond donors (Lipinski definition) is 1. The van der Waals surface area contributed by atoms with E-state index in [-0.39, 0.29) is 11.9 Å². The van der Waals surface area contributed by atoms with Crippen LogP contribution in [0.25, 0.3) is 0 Å². The molecule has 3 heteroatoms. The van der Waals surface area contributed by atoms with Gasteiger partial charge in [0.05, 0.1) is 6.04 Å². The average molecular weight is 212 g/mol. The van der Waals surface area contributed by atoms with Gasteiger partial charge in [-0.2, -0.15) is 0 Å². The Balaban J connectivity index is 2.59. The molecule has 14 heavy (non-hydrogen) atoms. The van der Waals surface area contributed by atoms with Crippen LogP contribution in [0.3, 0.4) is 0 Å².